The van der Waals surface area contributed by atoms with Crippen molar-refractivity contribution in [1.29, 1.82) is 0 Å². The Bertz CT molecular complexity index is 790. The normalized spacial score (nSPS) is 20.0. The molecule has 0 bridgehead atoms. The van der Waals surface area contributed by atoms with Crippen LogP contribution in [0.5, 0.6) is 0 Å². The van der Waals surface area contributed by atoms with Gasteiger partial charge in [0.05, 0.1) is 4.90 Å². The Labute approximate surface area is 130 Å². The molecule has 1 aromatic carbocycles. The van der Waals surface area contributed by atoms with Crippen LogP contribution in [0.1, 0.15) is 24.1 Å². The van der Waals surface area contributed by atoms with Crippen molar-refractivity contribution in [3.63, 3.8) is 0 Å². The second-order valence-corrected chi connectivity index (χ2v) is 7.06. The van der Waals surface area contributed by atoms with E-state index in [1.807, 2.05) is 0 Å². The molecule has 0 spiro atoms. The zero-order chi connectivity index (χ0) is 16.7. The van der Waals surface area contributed by atoms with Gasteiger partial charge in [0.1, 0.15) is 0 Å². The van der Waals surface area contributed by atoms with Gasteiger partial charge in [-0.3, -0.25) is 0 Å². The Balaban J connectivity index is 1.78. The highest BCUT2D eigenvalue weighted by molar-refractivity contribution is 7.89. The highest BCUT2D eigenvalue weighted by Gasteiger charge is 2.41. The molecule has 6 nitrogen and oxygen atoms in total. The van der Waals surface area contributed by atoms with E-state index < -0.39 is 28.0 Å². The van der Waals surface area contributed by atoms with Crippen molar-refractivity contribution in [2.24, 2.45) is 0 Å². The van der Waals surface area contributed by atoms with Gasteiger partial charge < -0.3 is 4.52 Å². The second-order valence-electron chi connectivity index (χ2n) is 5.12. The number of hydrogen-bond acceptors (Lipinski definition) is 5. The second kappa shape index (κ2) is 5.60. The van der Waals surface area contributed by atoms with E-state index in [-0.39, 0.29) is 23.8 Å². The van der Waals surface area contributed by atoms with Crippen molar-refractivity contribution in [3.05, 3.63) is 42.0 Å². The molecular formula is C13H12F3N3O3S. The molecule has 0 radical (unpaired) electrons. The minimum atomic E-state index is -4.71. The molecule has 0 unspecified atom stereocenters. The predicted molar refractivity (Wildman–Crippen MR) is 71.9 cm³/mol. The lowest BCUT2D eigenvalue weighted by Crippen LogP contribution is -2.28. The summed E-state index contributed by atoms with van der Waals surface area (Å²) >= 11 is 0. The number of sulfonamides is 1. The van der Waals surface area contributed by atoms with Crippen LogP contribution in [0.15, 0.2) is 39.8 Å². The van der Waals surface area contributed by atoms with E-state index in [4.69, 9.17) is 0 Å². The molecular weight excluding hydrogens is 335 g/mol. The van der Waals surface area contributed by atoms with Crippen LogP contribution in [0.25, 0.3) is 0 Å². The fourth-order valence-electron chi connectivity index (χ4n) is 2.41. The maximum atomic E-state index is 12.5. The number of rotatable bonds is 3. The Kier molecular flexibility index (Phi) is 3.88. The number of hydrogen-bond donors (Lipinski definition) is 0. The van der Waals surface area contributed by atoms with E-state index in [2.05, 4.69) is 14.7 Å². The van der Waals surface area contributed by atoms with Gasteiger partial charge >= 0.3 is 12.1 Å². The molecule has 124 valence electrons. The predicted octanol–water partition coefficient (Wildman–Crippen LogP) is 2.27. The van der Waals surface area contributed by atoms with Gasteiger partial charge in [0.2, 0.25) is 10.0 Å². The maximum Gasteiger partial charge on any atom is 0.471 e. The molecule has 1 saturated heterocycles. The Morgan fingerprint density at radius 1 is 1.22 bits per heavy atom. The first-order valence-corrected chi connectivity index (χ1v) is 8.18. The van der Waals surface area contributed by atoms with E-state index in [1.165, 1.54) is 16.4 Å². The van der Waals surface area contributed by atoms with E-state index in [0.29, 0.717) is 6.42 Å². The maximum absolute atomic E-state index is 12.5. The molecule has 0 N–H and O–H groups in total. The summed E-state index contributed by atoms with van der Waals surface area (Å²) in [6.07, 6.45) is -4.37. The summed E-state index contributed by atoms with van der Waals surface area (Å²) in [6.45, 7) is 0.214. The number of benzene rings is 1. The largest absolute Gasteiger partial charge is 0.471 e. The van der Waals surface area contributed by atoms with Crippen molar-refractivity contribution in [2.75, 3.05) is 13.1 Å². The molecule has 0 amide bonds. The lowest BCUT2D eigenvalue weighted by Gasteiger charge is -2.15. The van der Waals surface area contributed by atoms with Gasteiger partial charge in [0, 0.05) is 19.0 Å². The quantitative estimate of drug-likeness (QED) is 0.851. The van der Waals surface area contributed by atoms with Crippen molar-refractivity contribution in [1.82, 2.24) is 14.4 Å². The Hall–Kier alpha value is -1.94. The molecule has 1 atom stereocenters. The molecule has 3 rings (SSSR count). The van der Waals surface area contributed by atoms with Gasteiger partial charge in [-0.15, -0.1) is 0 Å². The summed E-state index contributed by atoms with van der Waals surface area (Å²) in [5, 5.41) is 3.33. The first kappa shape index (κ1) is 15.9. The SMILES string of the molecule is O=S(=O)(c1ccccc1)N1CC[C@@H](c2noc(C(F)(F)F)n2)C1. The van der Waals surface area contributed by atoms with E-state index in [9.17, 15) is 21.6 Å². The molecule has 0 aliphatic carbocycles. The average molecular weight is 347 g/mol. The summed E-state index contributed by atoms with van der Waals surface area (Å²) in [5.41, 5.74) is 0. The summed E-state index contributed by atoms with van der Waals surface area (Å²) in [7, 11) is -3.68. The van der Waals surface area contributed by atoms with Gasteiger partial charge in [0.15, 0.2) is 5.82 Å². The smallest absolute Gasteiger partial charge is 0.329 e. The lowest BCUT2D eigenvalue weighted by molar-refractivity contribution is -0.159. The summed E-state index contributed by atoms with van der Waals surface area (Å²) in [6, 6.07) is 7.85. The van der Waals surface area contributed by atoms with Crippen LogP contribution in [0.2, 0.25) is 0 Å². The van der Waals surface area contributed by atoms with E-state index in [1.54, 1.807) is 18.2 Å². The zero-order valence-electron chi connectivity index (χ0n) is 11.7. The van der Waals surface area contributed by atoms with Crippen LogP contribution in [0.4, 0.5) is 13.2 Å². The van der Waals surface area contributed by atoms with Crippen LogP contribution in [-0.2, 0) is 16.2 Å². The first-order chi connectivity index (χ1) is 10.8. The van der Waals surface area contributed by atoms with Crippen LogP contribution in [0, 0.1) is 0 Å². The van der Waals surface area contributed by atoms with Gasteiger partial charge in [0.25, 0.3) is 0 Å². The molecule has 23 heavy (non-hydrogen) atoms. The van der Waals surface area contributed by atoms with Crippen LogP contribution >= 0.6 is 0 Å². The third-order valence-corrected chi connectivity index (χ3v) is 5.46. The minimum absolute atomic E-state index is 0.0219. The Morgan fingerprint density at radius 3 is 2.52 bits per heavy atom. The minimum Gasteiger partial charge on any atom is -0.329 e. The van der Waals surface area contributed by atoms with Crippen LogP contribution in [0.3, 0.4) is 0 Å². The van der Waals surface area contributed by atoms with Crippen molar-refractivity contribution >= 4 is 10.0 Å². The summed E-state index contributed by atoms with van der Waals surface area (Å²) in [5.74, 6) is -2.06. The van der Waals surface area contributed by atoms with Gasteiger partial charge in [-0.1, -0.05) is 23.4 Å². The number of aromatic nitrogens is 2. The number of nitrogens with zero attached hydrogens (tertiary/aromatic N) is 3. The van der Waals surface area contributed by atoms with E-state index >= 15 is 0 Å². The fourth-order valence-corrected chi connectivity index (χ4v) is 3.94. The zero-order valence-corrected chi connectivity index (χ0v) is 12.5. The molecule has 10 heteroatoms. The molecule has 1 fully saturated rings. The van der Waals surface area contributed by atoms with Gasteiger partial charge in [-0.05, 0) is 18.6 Å². The Morgan fingerprint density at radius 2 is 1.91 bits per heavy atom. The number of halogens is 3. The third-order valence-electron chi connectivity index (χ3n) is 3.58. The molecule has 1 aliphatic rings. The fraction of sp³-hybridized carbons (Fsp3) is 0.385. The van der Waals surface area contributed by atoms with E-state index in [0.717, 1.165) is 0 Å². The molecule has 1 aromatic heterocycles. The molecule has 1 aliphatic heterocycles. The summed E-state index contributed by atoms with van der Waals surface area (Å²) < 4.78 is 67.7. The average Bonchev–Trinajstić information content (AvgIpc) is 3.16. The monoisotopic (exact) mass is 347 g/mol. The van der Waals surface area contributed by atoms with Gasteiger partial charge in [-0.2, -0.15) is 22.5 Å². The van der Waals surface area contributed by atoms with Crippen LogP contribution in [-0.4, -0.2) is 36.0 Å². The molecule has 2 aromatic rings. The van der Waals surface area contributed by atoms with Crippen molar-refractivity contribution in [2.45, 2.75) is 23.4 Å². The van der Waals surface area contributed by atoms with Crippen molar-refractivity contribution < 1.29 is 26.1 Å². The highest BCUT2D eigenvalue weighted by atomic mass is 32.2. The first-order valence-electron chi connectivity index (χ1n) is 6.74. The van der Waals surface area contributed by atoms with Crippen molar-refractivity contribution in [3.8, 4) is 0 Å². The third kappa shape index (κ3) is 3.08. The standard InChI is InChI=1S/C13H12F3N3O3S/c14-13(15,16)12-17-11(18-22-12)9-6-7-19(8-9)23(20,21)10-4-2-1-3-5-10/h1-5,9H,6-8H2/t9-/m1/s1. The van der Waals surface area contributed by atoms with Gasteiger partial charge in [-0.25, -0.2) is 8.42 Å². The number of alkyl halides is 3. The highest BCUT2D eigenvalue weighted by Crippen LogP contribution is 2.32. The molecule has 0 saturated carbocycles. The summed E-state index contributed by atoms with van der Waals surface area (Å²) in [4.78, 5) is 3.47. The topological polar surface area (TPSA) is 76.3 Å². The lowest BCUT2D eigenvalue weighted by atomic mass is 10.1. The molecule has 2 heterocycles. The van der Waals surface area contributed by atoms with Crippen LogP contribution < -0.4 is 0 Å².